The molecule has 0 aromatic rings. The second-order valence-corrected chi connectivity index (χ2v) is 2.12. The Morgan fingerprint density at radius 2 is 2.60 bits per heavy atom. The van der Waals surface area contributed by atoms with Crippen LogP contribution in [0.1, 0.15) is 13.3 Å². The summed E-state index contributed by atoms with van der Waals surface area (Å²) in [5, 5.41) is 0. The van der Waals surface area contributed by atoms with Crippen LogP contribution in [0.4, 0.5) is 0 Å². The predicted octanol–water partition coefficient (Wildman–Crippen LogP) is 1.70. The van der Waals surface area contributed by atoms with Gasteiger partial charge in [0.15, 0.2) is 0 Å². The molecule has 1 atom stereocenters. The molecule has 32 valence electrons. The highest BCUT2D eigenvalue weighted by Crippen LogP contribution is 2.01. The largest absolute Gasteiger partial charge is 0.125 e. The average molecular weight is 92.1 g/mol. The van der Waals surface area contributed by atoms with Crippen molar-refractivity contribution in [3.8, 4) is 0 Å². The molecule has 5 heavy (non-hydrogen) atoms. The van der Waals surface area contributed by atoms with Crippen molar-refractivity contribution >= 4 is 8.53 Å². The van der Waals surface area contributed by atoms with Crippen LogP contribution in [0.2, 0.25) is 0 Å². The standard InChI is InChI=1S/C4H11P/c1-3-4-5-2/h5H,3-4H2,1-2H3/i5T. The van der Waals surface area contributed by atoms with E-state index in [1.54, 1.807) is 0 Å². The summed E-state index contributed by atoms with van der Waals surface area (Å²) in [5.41, 5.74) is 0. The van der Waals surface area contributed by atoms with Crippen LogP contribution in [-0.4, -0.2) is 14.1 Å². The molecule has 1 heteroatoms. The Kier molecular flexibility index (Phi) is 3.20. The summed E-state index contributed by atoms with van der Waals surface area (Å²) in [6, 6.07) is 0. The normalized spacial score (nSPS) is 17.6. The first-order valence-corrected chi connectivity index (χ1v) is 3.50. The highest BCUT2D eigenvalue weighted by molar-refractivity contribution is 7.36. The molecule has 0 heterocycles. The van der Waals surface area contributed by atoms with Gasteiger partial charge >= 0.3 is 0 Å². The van der Waals surface area contributed by atoms with Gasteiger partial charge in [-0.25, -0.2) is 0 Å². The molecular formula is C4H11P. The third-order valence-corrected chi connectivity index (χ3v) is 1.34. The van der Waals surface area contributed by atoms with Crippen molar-refractivity contribution in [2.45, 2.75) is 13.3 Å². The minimum Gasteiger partial charge on any atom is -0.125 e. The smallest absolute Gasteiger partial charge is 0.0577 e. The molecule has 0 rings (SSSR count). The molecule has 0 amide bonds. The van der Waals surface area contributed by atoms with Crippen molar-refractivity contribution in [1.82, 2.24) is 0 Å². The average Bonchev–Trinajstić information content (AvgIpc) is 1.35. The summed E-state index contributed by atoms with van der Waals surface area (Å²) in [6.07, 6.45) is 2.28. The predicted molar refractivity (Wildman–Crippen MR) is 29.4 cm³/mol. The highest BCUT2D eigenvalue weighted by Gasteiger charge is 1.67. The quantitative estimate of drug-likeness (QED) is 0.455. The van der Waals surface area contributed by atoms with E-state index in [-0.39, 0.29) is 8.53 Å². The summed E-state index contributed by atoms with van der Waals surface area (Å²) in [6.45, 7) is 4.10. The molecule has 0 radical (unpaired) electrons. The van der Waals surface area contributed by atoms with Crippen LogP contribution >= 0.6 is 8.53 Å². The lowest BCUT2D eigenvalue weighted by Crippen LogP contribution is -1.61. The van der Waals surface area contributed by atoms with Crippen molar-refractivity contribution in [3.05, 3.63) is 0 Å². The van der Waals surface area contributed by atoms with E-state index in [0.29, 0.717) is 0 Å². The Bertz CT molecular complexity index is 28.7. The molecule has 0 nitrogen and oxygen atoms in total. The molecular weight excluding hydrogens is 79.0 g/mol. The maximum atomic E-state index is 7.04. The van der Waals surface area contributed by atoms with Gasteiger partial charge in [0.25, 0.3) is 0 Å². The Morgan fingerprint density at radius 3 is 2.60 bits per heavy atom. The van der Waals surface area contributed by atoms with Gasteiger partial charge in [-0.05, 0) is 12.8 Å². The van der Waals surface area contributed by atoms with Crippen molar-refractivity contribution in [2.75, 3.05) is 12.8 Å². The van der Waals surface area contributed by atoms with E-state index in [0.717, 1.165) is 6.16 Å². The maximum absolute atomic E-state index is 7.04. The Labute approximate surface area is 37.0 Å². The molecule has 0 saturated carbocycles. The molecule has 0 bridgehead atoms. The topological polar surface area (TPSA) is 0 Å². The van der Waals surface area contributed by atoms with Gasteiger partial charge in [0.05, 0.1) is 1.28 Å². The van der Waals surface area contributed by atoms with E-state index < -0.39 is 0 Å². The minimum atomic E-state index is -0.351. The molecule has 0 aliphatic heterocycles. The van der Waals surface area contributed by atoms with Gasteiger partial charge < -0.3 is 0 Å². The van der Waals surface area contributed by atoms with Crippen molar-refractivity contribution in [3.63, 3.8) is 0 Å². The zero-order chi connectivity index (χ0) is 4.99. The second kappa shape index (κ2) is 4.43. The third kappa shape index (κ3) is 4.43. The van der Waals surface area contributed by atoms with Gasteiger partial charge in [0, 0.05) is 0 Å². The van der Waals surface area contributed by atoms with E-state index in [9.17, 15) is 0 Å². The summed E-state index contributed by atoms with van der Waals surface area (Å²) in [4.78, 5) is 0. The van der Waals surface area contributed by atoms with E-state index in [4.69, 9.17) is 1.28 Å². The van der Waals surface area contributed by atoms with Crippen LogP contribution in [0.3, 0.4) is 0 Å². The van der Waals surface area contributed by atoms with Crippen LogP contribution in [0.25, 0.3) is 0 Å². The summed E-state index contributed by atoms with van der Waals surface area (Å²) in [5.74, 6) is 0. The Balaban J connectivity index is 2.63. The van der Waals surface area contributed by atoms with Crippen LogP contribution < -0.4 is 0 Å². The monoisotopic (exact) mass is 92.1 g/mol. The molecule has 1 unspecified atom stereocenters. The molecule has 0 aliphatic carbocycles. The summed E-state index contributed by atoms with van der Waals surface area (Å²) >= 11 is 0. The lowest BCUT2D eigenvalue weighted by Gasteiger charge is -1.80. The van der Waals surface area contributed by atoms with Crippen LogP contribution in [-0.2, 0) is 0 Å². The third-order valence-electron chi connectivity index (χ3n) is 0.447. The van der Waals surface area contributed by atoms with Crippen LogP contribution in [0.15, 0.2) is 0 Å². The molecule has 0 N–H and O–H groups in total. The first-order chi connectivity index (χ1) is 2.77. The number of rotatable bonds is 2. The molecule has 0 aliphatic rings. The fourth-order valence-corrected chi connectivity index (χ4v) is 0.671. The van der Waals surface area contributed by atoms with Gasteiger partial charge in [-0.2, -0.15) is 0 Å². The number of hydrogen-bond acceptors (Lipinski definition) is 0. The van der Waals surface area contributed by atoms with Gasteiger partial charge in [-0.1, -0.05) is 13.3 Å². The fraction of sp³-hybridized carbons (Fsp3) is 1.00. The maximum Gasteiger partial charge on any atom is 0.0577 e. The van der Waals surface area contributed by atoms with Crippen LogP contribution in [0.5, 0.6) is 0 Å². The Morgan fingerprint density at radius 1 is 2.00 bits per heavy atom. The highest BCUT2D eigenvalue weighted by atomic mass is 31.1. The lowest BCUT2D eigenvalue weighted by molar-refractivity contribution is 1.10. The lowest BCUT2D eigenvalue weighted by atomic mass is 10.6. The van der Waals surface area contributed by atoms with E-state index in [1.165, 1.54) is 6.42 Å². The van der Waals surface area contributed by atoms with E-state index in [2.05, 4.69) is 6.92 Å². The van der Waals surface area contributed by atoms with Crippen LogP contribution in [0, 0.1) is 0 Å². The molecule has 0 aromatic carbocycles. The zero-order valence-electron chi connectivity index (χ0n) is 4.86. The SMILES string of the molecule is [3H]P(C)CCC. The minimum absolute atomic E-state index is 0.351. The molecule has 0 aromatic heterocycles. The second-order valence-electron chi connectivity index (χ2n) is 1.04. The molecule has 0 fully saturated rings. The Hall–Kier alpha value is 0.430. The molecule has 0 saturated heterocycles. The van der Waals surface area contributed by atoms with E-state index in [1.807, 2.05) is 6.66 Å². The van der Waals surface area contributed by atoms with Crippen molar-refractivity contribution in [2.24, 2.45) is 0 Å². The summed E-state index contributed by atoms with van der Waals surface area (Å²) < 4.78 is 7.04. The zero-order valence-corrected chi connectivity index (χ0v) is 4.76. The molecule has 0 spiro atoms. The van der Waals surface area contributed by atoms with E-state index >= 15 is 0 Å². The van der Waals surface area contributed by atoms with Gasteiger partial charge in [0.2, 0.25) is 0 Å². The number of hydrogen-bond donors (Lipinski definition) is 0. The summed E-state index contributed by atoms with van der Waals surface area (Å²) in [7, 11) is -0.351. The van der Waals surface area contributed by atoms with Gasteiger partial charge in [0.1, 0.15) is 0 Å². The van der Waals surface area contributed by atoms with Gasteiger partial charge in [-0.15, -0.1) is 8.53 Å². The van der Waals surface area contributed by atoms with Crippen molar-refractivity contribution in [1.29, 1.82) is 1.28 Å². The first-order valence-electron chi connectivity index (χ1n) is 2.42. The van der Waals surface area contributed by atoms with Gasteiger partial charge in [-0.3, -0.25) is 0 Å². The fourth-order valence-electron chi connectivity index (χ4n) is 0.224. The van der Waals surface area contributed by atoms with Crippen molar-refractivity contribution < 1.29 is 0 Å². The first kappa shape index (κ1) is 3.61.